The molecule has 2 N–H and O–H groups in total. The standard InChI is InChI=1S/C18H23N3O3/c1-3-21-17(23)10-9-16(20-21)18(24)19-12-15(11-13(2)22)14-7-5-4-6-8-14/h4-10,13,15,22H,3,11-12H2,1-2H3,(H,19,24). The van der Waals surface area contributed by atoms with E-state index in [0.717, 1.165) is 5.56 Å². The van der Waals surface area contributed by atoms with Crippen LogP contribution in [0.1, 0.15) is 42.2 Å². The number of aliphatic hydroxyl groups is 1. The molecule has 2 aromatic rings. The first kappa shape index (κ1) is 17.9. The fourth-order valence-electron chi connectivity index (χ4n) is 2.58. The molecule has 0 saturated heterocycles. The van der Waals surface area contributed by atoms with Gasteiger partial charge in [-0.05, 0) is 31.9 Å². The van der Waals surface area contributed by atoms with Gasteiger partial charge in [0, 0.05) is 25.1 Å². The van der Waals surface area contributed by atoms with Gasteiger partial charge >= 0.3 is 0 Å². The molecular formula is C18H23N3O3. The smallest absolute Gasteiger partial charge is 0.271 e. The van der Waals surface area contributed by atoms with Gasteiger partial charge in [-0.25, -0.2) is 4.68 Å². The molecule has 1 amide bonds. The van der Waals surface area contributed by atoms with Crippen LogP contribution in [0, 0.1) is 0 Å². The molecular weight excluding hydrogens is 306 g/mol. The summed E-state index contributed by atoms with van der Waals surface area (Å²) in [7, 11) is 0. The number of benzene rings is 1. The van der Waals surface area contributed by atoms with Crippen LogP contribution in [-0.4, -0.2) is 33.4 Å². The Hall–Kier alpha value is -2.47. The molecule has 0 saturated carbocycles. The van der Waals surface area contributed by atoms with Crippen molar-refractivity contribution in [2.75, 3.05) is 6.54 Å². The Balaban J connectivity index is 2.08. The first-order chi connectivity index (χ1) is 11.5. The van der Waals surface area contributed by atoms with Crippen molar-refractivity contribution in [1.29, 1.82) is 0 Å². The zero-order valence-electron chi connectivity index (χ0n) is 14.0. The van der Waals surface area contributed by atoms with Crippen molar-refractivity contribution in [1.82, 2.24) is 15.1 Å². The second-order valence-electron chi connectivity index (χ2n) is 5.77. The highest BCUT2D eigenvalue weighted by Crippen LogP contribution is 2.20. The number of carbonyl (C=O) groups excluding carboxylic acids is 1. The van der Waals surface area contributed by atoms with Crippen LogP contribution in [0.5, 0.6) is 0 Å². The number of hydrogen-bond acceptors (Lipinski definition) is 4. The Morgan fingerprint density at radius 1 is 1.25 bits per heavy atom. The van der Waals surface area contributed by atoms with Crippen LogP contribution in [0.25, 0.3) is 0 Å². The summed E-state index contributed by atoms with van der Waals surface area (Å²) < 4.78 is 1.25. The van der Waals surface area contributed by atoms with E-state index in [4.69, 9.17) is 0 Å². The maximum Gasteiger partial charge on any atom is 0.271 e. The Morgan fingerprint density at radius 3 is 2.58 bits per heavy atom. The van der Waals surface area contributed by atoms with Crippen molar-refractivity contribution in [3.63, 3.8) is 0 Å². The average Bonchev–Trinajstić information content (AvgIpc) is 2.59. The topological polar surface area (TPSA) is 84.2 Å². The quantitative estimate of drug-likeness (QED) is 0.807. The number of aromatic nitrogens is 2. The molecule has 0 aliphatic carbocycles. The summed E-state index contributed by atoms with van der Waals surface area (Å²) in [5, 5.41) is 16.6. The summed E-state index contributed by atoms with van der Waals surface area (Å²) in [4.78, 5) is 23.8. The summed E-state index contributed by atoms with van der Waals surface area (Å²) in [6, 6.07) is 12.5. The van der Waals surface area contributed by atoms with Crippen molar-refractivity contribution < 1.29 is 9.90 Å². The van der Waals surface area contributed by atoms with Gasteiger partial charge in [0.05, 0.1) is 6.10 Å². The minimum Gasteiger partial charge on any atom is -0.393 e. The lowest BCUT2D eigenvalue weighted by molar-refractivity contribution is 0.0938. The van der Waals surface area contributed by atoms with E-state index in [0.29, 0.717) is 19.5 Å². The molecule has 2 unspecified atom stereocenters. The van der Waals surface area contributed by atoms with Crippen LogP contribution in [-0.2, 0) is 6.54 Å². The van der Waals surface area contributed by atoms with Gasteiger partial charge in [0.1, 0.15) is 5.69 Å². The van der Waals surface area contributed by atoms with Crippen LogP contribution in [0.2, 0.25) is 0 Å². The second-order valence-corrected chi connectivity index (χ2v) is 5.77. The lowest BCUT2D eigenvalue weighted by Crippen LogP contribution is -2.32. The Morgan fingerprint density at radius 2 is 1.96 bits per heavy atom. The van der Waals surface area contributed by atoms with Gasteiger partial charge in [0.2, 0.25) is 0 Å². The average molecular weight is 329 g/mol. The molecule has 24 heavy (non-hydrogen) atoms. The molecule has 2 rings (SSSR count). The van der Waals surface area contributed by atoms with Crippen LogP contribution in [0.15, 0.2) is 47.3 Å². The number of hydrogen-bond donors (Lipinski definition) is 2. The van der Waals surface area contributed by atoms with Gasteiger partial charge in [-0.1, -0.05) is 30.3 Å². The van der Waals surface area contributed by atoms with E-state index in [2.05, 4.69) is 10.4 Å². The highest BCUT2D eigenvalue weighted by Gasteiger charge is 2.17. The maximum atomic E-state index is 12.3. The molecule has 2 atom stereocenters. The van der Waals surface area contributed by atoms with Crippen LogP contribution < -0.4 is 10.9 Å². The van der Waals surface area contributed by atoms with E-state index in [-0.39, 0.29) is 23.1 Å². The van der Waals surface area contributed by atoms with Crippen LogP contribution in [0.4, 0.5) is 0 Å². The van der Waals surface area contributed by atoms with Crippen molar-refractivity contribution in [2.24, 2.45) is 0 Å². The van der Waals surface area contributed by atoms with Crippen molar-refractivity contribution >= 4 is 5.91 Å². The molecule has 1 aromatic carbocycles. The highest BCUT2D eigenvalue weighted by molar-refractivity contribution is 5.92. The van der Waals surface area contributed by atoms with Gasteiger partial charge in [0.15, 0.2) is 0 Å². The molecule has 0 bridgehead atoms. The predicted molar refractivity (Wildman–Crippen MR) is 92.0 cm³/mol. The zero-order chi connectivity index (χ0) is 17.5. The number of nitrogens with one attached hydrogen (secondary N) is 1. The third-order valence-corrected chi connectivity index (χ3v) is 3.80. The molecule has 1 aromatic heterocycles. The van der Waals surface area contributed by atoms with Crippen molar-refractivity contribution in [3.8, 4) is 0 Å². The lowest BCUT2D eigenvalue weighted by atomic mass is 9.93. The molecule has 0 fully saturated rings. The Bertz CT molecular complexity index is 726. The molecule has 128 valence electrons. The van der Waals surface area contributed by atoms with E-state index in [9.17, 15) is 14.7 Å². The normalized spacial score (nSPS) is 13.3. The third-order valence-electron chi connectivity index (χ3n) is 3.80. The van der Waals surface area contributed by atoms with E-state index in [1.165, 1.54) is 16.8 Å². The number of carbonyl (C=O) groups is 1. The van der Waals surface area contributed by atoms with E-state index < -0.39 is 6.10 Å². The molecule has 0 aliphatic rings. The highest BCUT2D eigenvalue weighted by atomic mass is 16.3. The van der Waals surface area contributed by atoms with E-state index in [1.54, 1.807) is 13.8 Å². The monoisotopic (exact) mass is 329 g/mol. The minimum atomic E-state index is -0.466. The number of amides is 1. The Labute approximate surface area is 141 Å². The Kier molecular flexibility index (Phi) is 6.26. The van der Waals surface area contributed by atoms with Gasteiger partial charge in [0.25, 0.3) is 11.5 Å². The SMILES string of the molecule is CCn1nc(C(=O)NCC(CC(C)O)c2ccccc2)ccc1=O. The minimum absolute atomic E-state index is 0.00669. The molecule has 6 nitrogen and oxygen atoms in total. The van der Waals surface area contributed by atoms with Gasteiger partial charge in [-0.3, -0.25) is 9.59 Å². The number of aliphatic hydroxyl groups excluding tert-OH is 1. The molecule has 1 heterocycles. The summed E-state index contributed by atoms with van der Waals surface area (Å²) in [6.07, 6.45) is 0.0823. The summed E-state index contributed by atoms with van der Waals surface area (Å²) >= 11 is 0. The summed E-state index contributed by atoms with van der Waals surface area (Å²) in [5.74, 6) is -0.323. The van der Waals surface area contributed by atoms with Crippen molar-refractivity contribution in [3.05, 3.63) is 64.1 Å². The van der Waals surface area contributed by atoms with Gasteiger partial charge in [-0.2, -0.15) is 5.10 Å². The zero-order valence-corrected chi connectivity index (χ0v) is 14.0. The van der Waals surface area contributed by atoms with Gasteiger partial charge in [-0.15, -0.1) is 0 Å². The van der Waals surface area contributed by atoms with E-state index in [1.807, 2.05) is 30.3 Å². The van der Waals surface area contributed by atoms with E-state index >= 15 is 0 Å². The maximum absolute atomic E-state index is 12.3. The molecule has 0 aliphatic heterocycles. The second kappa shape index (κ2) is 8.40. The fourth-order valence-corrected chi connectivity index (χ4v) is 2.58. The van der Waals surface area contributed by atoms with Crippen LogP contribution >= 0.6 is 0 Å². The number of rotatable bonds is 7. The lowest BCUT2D eigenvalue weighted by Gasteiger charge is -2.19. The number of nitrogens with zero attached hydrogens (tertiary/aromatic N) is 2. The first-order valence-corrected chi connectivity index (χ1v) is 8.10. The van der Waals surface area contributed by atoms with Crippen molar-refractivity contribution in [2.45, 2.75) is 38.8 Å². The largest absolute Gasteiger partial charge is 0.393 e. The fraction of sp³-hybridized carbons (Fsp3) is 0.389. The third kappa shape index (κ3) is 4.76. The van der Waals surface area contributed by atoms with Gasteiger partial charge < -0.3 is 10.4 Å². The predicted octanol–water partition coefficient (Wildman–Crippen LogP) is 1.55. The molecule has 6 heteroatoms. The van der Waals surface area contributed by atoms with Crippen LogP contribution in [0.3, 0.4) is 0 Å². The summed E-state index contributed by atoms with van der Waals surface area (Å²) in [6.45, 7) is 4.33. The first-order valence-electron chi connectivity index (χ1n) is 8.10. The molecule has 0 radical (unpaired) electrons. The number of aryl methyl sites for hydroxylation is 1. The molecule has 0 spiro atoms. The summed E-state index contributed by atoms with van der Waals surface area (Å²) in [5.41, 5.74) is 1.04.